The van der Waals surface area contributed by atoms with E-state index < -0.39 is 5.97 Å². The highest BCUT2D eigenvalue weighted by molar-refractivity contribution is 5.93. The van der Waals surface area contributed by atoms with E-state index in [4.69, 9.17) is 14.3 Å². The van der Waals surface area contributed by atoms with Crippen LogP contribution in [-0.2, 0) is 4.74 Å². The van der Waals surface area contributed by atoms with Crippen LogP contribution in [-0.4, -0.2) is 35.7 Å². The number of hydrogen-bond donors (Lipinski definition) is 2. The van der Waals surface area contributed by atoms with Crippen LogP contribution in [0.1, 0.15) is 53.7 Å². The third-order valence-corrected chi connectivity index (χ3v) is 4.78. The first kappa shape index (κ1) is 14.1. The average Bonchev–Trinajstić information content (AvgIpc) is 2.85. The quantitative estimate of drug-likeness (QED) is 0.867. The van der Waals surface area contributed by atoms with Crippen LogP contribution in [0.3, 0.4) is 0 Å². The summed E-state index contributed by atoms with van der Waals surface area (Å²) in [5, 5.41) is 11.8. The number of amides is 1. The van der Waals surface area contributed by atoms with Gasteiger partial charge in [-0.1, -0.05) is 6.42 Å². The average molecular weight is 293 g/mol. The molecule has 1 amide bonds. The van der Waals surface area contributed by atoms with E-state index in [1.165, 1.54) is 18.6 Å². The Morgan fingerprint density at radius 1 is 1.43 bits per heavy atom. The van der Waals surface area contributed by atoms with Gasteiger partial charge in [0.1, 0.15) is 0 Å². The van der Waals surface area contributed by atoms with E-state index in [0.29, 0.717) is 6.61 Å². The van der Waals surface area contributed by atoms with E-state index in [-0.39, 0.29) is 35.0 Å². The summed E-state index contributed by atoms with van der Waals surface area (Å²) >= 11 is 0. The highest BCUT2D eigenvalue weighted by Crippen LogP contribution is 2.57. The third-order valence-electron chi connectivity index (χ3n) is 4.78. The van der Waals surface area contributed by atoms with Gasteiger partial charge in [-0.25, -0.2) is 4.79 Å². The van der Waals surface area contributed by atoms with Crippen molar-refractivity contribution in [1.82, 2.24) is 5.32 Å². The van der Waals surface area contributed by atoms with Crippen molar-refractivity contribution in [2.45, 2.75) is 44.8 Å². The van der Waals surface area contributed by atoms with Crippen molar-refractivity contribution < 1.29 is 23.8 Å². The molecular formula is C15H19NO5. The standard InChI is InChI=1S/C15H19NO5/c1-2-20-12-8-11(15(12)6-3-7-15)16-13(17)9-4-5-10(21-9)14(18)19/h4-5,11-12H,2-3,6-8H2,1H3,(H,16,17)(H,18,19)/t11-,12-/m1/s1. The van der Waals surface area contributed by atoms with Crippen molar-refractivity contribution in [1.29, 1.82) is 0 Å². The number of aromatic carboxylic acids is 1. The molecule has 1 spiro atoms. The van der Waals surface area contributed by atoms with Crippen LogP contribution < -0.4 is 5.32 Å². The Hall–Kier alpha value is -1.82. The fourth-order valence-corrected chi connectivity index (χ4v) is 3.44. The van der Waals surface area contributed by atoms with Gasteiger partial charge in [-0.3, -0.25) is 4.79 Å². The molecule has 0 saturated heterocycles. The lowest BCUT2D eigenvalue weighted by Crippen LogP contribution is -2.67. The molecule has 3 rings (SSSR count). The summed E-state index contributed by atoms with van der Waals surface area (Å²) in [7, 11) is 0. The molecule has 0 radical (unpaired) electrons. The summed E-state index contributed by atoms with van der Waals surface area (Å²) in [6, 6.07) is 2.78. The summed E-state index contributed by atoms with van der Waals surface area (Å²) in [6.07, 6.45) is 4.35. The summed E-state index contributed by atoms with van der Waals surface area (Å²) in [5.74, 6) is -1.71. The van der Waals surface area contributed by atoms with Crippen molar-refractivity contribution in [3.05, 3.63) is 23.7 Å². The zero-order chi connectivity index (χ0) is 15.0. The first-order valence-electron chi connectivity index (χ1n) is 7.32. The first-order valence-corrected chi connectivity index (χ1v) is 7.32. The molecule has 2 fully saturated rings. The SMILES string of the molecule is CCO[C@@H]1C[C@@H](NC(=O)c2ccc(C(=O)O)o2)C12CCC2. The van der Waals surface area contributed by atoms with Crippen molar-refractivity contribution in [3.8, 4) is 0 Å². The molecule has 0 bridgehead atoms. The summed E-state index contributed by atoms with van der Waals surface area (Å²) < 4.78 is 10.8. The monoisotopic (exact) mass is 293 g/mol. The van der Waals surface area contributed by atoms with Gasteiger partial charge in [-0.05, 0) is 38.3 Å². The second kappa shape index (κ2) is 5.18. The zero-order valence-electron chi connectivity index (χ0n) is 11.9. The molecule has 114 valence electrons. The summed E-state index contributed by atoms with van der Waals surface area (Å²) in [5.41, 5.74) is 0.0773. The Balaban J connectivity index is 1.64. The third kappa shape index (κ3) is 2.23. The smallest absolute Gasteiger partial charge is 0.371 e. The van der Waals surface area contributed by atoms with Gasteiger partial charge >= 0.3 is 5.97 Å². The number of carboxylic acids is 1. The largest absolute Gasteiger partial charge is 0.475 e. The van der Waals surface area contributed by atoms with E-state index >= 15 is 0 Å². The van der Waals surface area contributed by atoms with E-state index in [1.54, 1.807) is 0 Å². The molecule has 2 atom stereocenters. The molecule has 0 unspecified atom stereocenters. The Morgan fingerprint density at radius 2 is 2.14 bits per heavy atom. The maximum atomic E-state index is 12.1. The Morgan fingerprint density at radius 3 is 2.67 bits per heavy atom. The fraction of sp³-hybridized carbons (Fsp3) is 0.600. The second-order valence-electron chi connectivity index (χ2n) is 5.76. The van der Waals surface area contributed by atoms with Crippen molar-refractivity contribution >= 4 is 11.9 Å². The van der Waals surface area contributed by atoms with E-state index in [1.807, 2.05) is 6.92 Å². The molecule has 0 aromatic carbocycles. The molecule has 1 aromatic heterocycles. The molecule has 2 aliphatic rings. The van der Waals surface area contributed by atoms with Crippen molar-refractivity contribution in [2.24, 2.45) is 5.41 Å². The maximum absolute atomic E-state index is 12.1. The van der Waals surface area contributed by atoms with E-state index in [2.05, 4.69) is 5.32 Å². The molecule has 2 aliphatic carbocycles. The van der Waals surface area contributed by atoms with Gasteiger partial charge in [0.2, 0.25) is 5.76 Å². The predicted molar refractivity (Wildman–Crippen MR) is 73.2 cm³/mol. The van der Waals surface area contributed by atoms with Crippen molar-refractivity contribution in [2.75, 3.05) is 6.61 Å². The van der Waals surface area contributed by atoms with Gasteiger partial charge < -0.3 is 19.6 Å². The lowest BCUT2D eigenvalue weighted by molar-refractivity contribution is -0.169. The predicted octanol–water partition coefficient (Wildman–Crippen LogP) is 2.06. The number of furan rings is 1. The number of hydrogen-bond acceptors (Lipinski definition) is 4. The van der Waals surface area contributed by atoms with Crippen LogP contribution in [0.4, 0.5) is 0 Å². The number of rotatable bonds is 5. The number of ether oxygens (including phenoxy) is 1. The molecule has 1 heterocycles. The Bertz CT molecular complexity index is 560. The van der Waals surface area contributed by atoms with Gasteiger partial charge in [0.15, 0.2) is 5.76 Å². The highest BCUT2D eigenvalue weighted by Gasteiger charge is 2.59. The van der Waals surface area contributed by atoms with Crippen LogP contribution >= 0.6 is 0 Å². The summed E-state index contributed by atoms with van der Waals surface area (Å²) in [6.45, 7) is 2.67. The lowest BCUT2D eigenvalue weighted by atomic mass is 9.51. The molecule has 1 aromatic rings. The van der Waals surface area contributed by atoms with Crippen LogP contribution in [0.2, 0.25) is 0 Å². The van der Waals surface area contributed by atoms with Gasteiger partial charge in [0.05, 0.1) is 6.10 Å². The van der Waals surface area contributed by atoms with Crippen LogP contribution in [0.15, 0.2) is 16.5 Å². The number of nitrogens with one attached hydrogen (secondary N) is 1. The first-order chi connectivity index (χ1) is 10.1. The molecule has 2 N–H and O–H groups in total. The number of carboxylic acid groups (broad SMARTS) is 1. The van der Waals surface area contributed by atoms with Gasteiger partial charge in [-0.2, -0.15) is 0 Å². The number of carbonyl (C=O) groups excluding carboxylic acids is 1. The second-order valence-corrected chi connectivity index (χ2v) is 5.76. The molecule has 2 saturated carbocycles. The Kier molecular flexibility index (Phi) is 3.49. The van der Waals surface area contributed by atoms with Crippen LogP contribution in [0.25, 0.3) is 0 Å². The molecule has 21 heavy (non-hydrogen) atoms. The van der Waals surface area contributed by atoms with Gasteiger partial charge in [0.25, 0.3) is 5.91 Å². The molecule has 0 aliphatic heterocycles. The molecule has 6 nitrogen and oxygen atoms in total. The van der Waals surface area contributed by atoms with Gasteiger partial charge in [-0.15, -0.1) is 0 Å². The van der Waals surface area contributed by atoms with E-state index in [0.717, 1.165) is 19.3 Å². The minimum atomic E-state index is -1.18. The Labute approximate surface area is 122 Å². The van der Waals surface area contributed by atoms with Crippen molar-refractivity contribution in [3.63, 3.8) is 0 Å². The molecular weight excluding hydrogens is 274 g/mol. The number of carbonyl (C=O) groups is 2. The molecule has 6 heteroatoms. The van der Waals surface area contributed by atoms with Gasteiger partial charge in [0, 0.05) is 18.1 Å². The van der Waals surface area contributed by atoms with Crippen LogP contribution in [0.5, 0.6) is 0 Å². The summed E-state index contributed by atoms with van der Waals surface area (Å²) in [4.78, 5) is 22.9. The normalized spacial score (nSPS) is 26.0. The zero-order valence-corrected chi connectivity index (χ0v) is 11.9. The van der Waals surface area contributed by atoms with Crippen LogP contribution in [0, 0.1) is 5.41 Å². The lowest BCUT2D eigenvalue weighted by Gasteiger charge is -2.60. The topological polar surface area (TPSA) is 88.8 Å². The minimum absolute atomic E-state index is 0.0433. The highest BCUT2D eigenvalue weighted by atomic mass is 16.5. The fourth-order valence-electron chi connectivity index (χ4n) is 3.44. The van der Waals surface area contributed by atoms with E-state index in [9.17, 15) is 9.59 Å². The maximum Gasteiger partial charge on any atom is 0.371 e. The minimum Gasteiger partial charge on any atom is -0.475 e.